The van der Waals surface area contributed by atoms with Crippen molar-refractivity contribution >= 4 is 34.8 Å². The predicted molar refractivity (Wildman–Crippen MR) is 99.0 cm³/mol. The lowest BCUT2D eigenvalue weighted by atomic mass is 10.0. The standard InChI is InChI=1S/C19H18ClF3N2O2/c1-10-6-11(2)18(12(3)7-10)25-17(27)9-16(26)24-15-5-4-13(20)8-14(15)19(21,22)23/h4-8H,9H2,1-3H3,(H,24,26)(H,25,27). The number of alkyl halides is 3. The van der Waals surface area contributed by atoms with E-state index in [9.17, 15) is 22.8 Å². The number of aryl methyl sites for hydroxylation is 3. The zero-order valence-electron chi connectivity index (χ0n) is 14.9. The second-order valence-electron chi connectivity index (χ2n) is 6.23. The lowest BCUT2D eigenvalue weighted by Crippen LogP contribution is -2.23. The van der Waals surface area contributed by atoms with Gasteiger partial charge in [0.05, 0.1) is 11.3 Å². The van der Waals surface area contributed by atoms with Gasteiger partial charge in [0.2, 0.25) is 11.8 Å². The first-order chi connectivity index (χ1) is 12.5. The molecule has 2 amide bonds. The van der Waals surface area contributed by atoms with E-state index >= 15 is 0 Å². The molecule has 0 aliphatic heterocycles. The Balaban J connectivity index is 2.10. The minimum atomic E-state index is -4.69. The summed E-state index contributed by atoms with van der Waals surface area (Å²) in [4.78, 5) is 24.2. The molecule has 0 radical (unpaired) electrons. The van der Waals surface area contributed by atoms with Crippen LogP contribution in [-0.4, -0.2) is 11.8 Å². The highest BCUT2D eigenvalue weighted by atomic mass is 35.5. The summed E-state index contributed by atoms with van der Waals surface area (Å²) in [6.07, 6.45) is -5.31. The molecule has 0 aromatic heterocycles. The van der Waals surface area contributed by atoms with Gasteiger partial charge in [0.1, 0.15) is 6.42 Å². The molecule has 0 spiro atoms. The Morgan fingerprint density at radius 3 is 2.07 bits per heavy atom. The summed E-state index contributed by atoms with van der Waals surface area (Å²) in [6, 6.07) is 6.76. The summed E-state index contributed by atoms with van der Waals surface area (Å²) < 4.78 is 39.2. The molecular weight excluding hydrogens is 381 g/mol. The molecule has 8 heteroatoms. The van der Waals surface area contributed by atoms with E-state index < -0.39 is 35.7 Å². The van der Waals surface area contributed by atoms with Crippen molar-refractivity contribution in [3.05, 3.63) is 57.6 Å². The molecule has 2 aromatic rings. The largest absolute Gasteiger partial charge is 0.418 e. The topological polar surface area (TPSA) is 58.2 Å². The quantitative estimate of drug-likeness (QED) is 0.691. The molecule has 0 aliphatic rings. The van der Waals surface area contributed by atoms with Gasteiger partial charge in [0.15, 0.2) is 0 Å². The molecule has 2 rings (SSSR count). The minimum absolute atomic E-state index is 0.108. The number of carbonyl (C=O) groups is 2. The van der Waals surface area contributed by atoms with Crippen LogP contribution in [-0.2, 0) is 15.8 Å². The van der Waals surface area contributed by atoms with E-state index in [0.717, 1.165) is 28.8 Å². The third-order valence-electron chi connectivity index (χ3n) is 3.82. The summed E-state index contributed by atoms with van der Waals surface area (Å²) in [5.74, 6) is -1.48. The highest BCUT2D eigenvalue weighted by molar-refractivity contribution is 6.30. The van der Waals surface area contributed by atoms with Crippen LogP contribution in [0.15, 0.2) is 30.3 Å². The van der Waals surface area contributed by atoms with Gasteiger partial charge in [-0.2, -0.15) is 13.2 Å². The molecule has 0 bridgehead atoms. The fourth-order valence-corrected chi connectivity index (χ4v) is 2.93. The van der Waals surface area contributed by atoms with Gasteiger partial charge in [-0.1, -0.05) is 29.3 Å². The van der Waals surface area contributed by atoms with Crippen molar-refractivity contribution in [1.82, 2.24) is 0 Å². The second-order valence-corrected chi connectivity index (χ2v) is 6.67. The number of benzene rings is 2. The summed E-state index contributed by atoms with van der Waals surface area (Å²) in [5.41, 5.74) is 1.75. The average Bonchev–Trinajstić information content (AvgIpc) is 2.51. The number of rotatable bonds is 4. The monoisotopic (exact) mass is 398 g/mol. The van der Waals surface area contributed by atoms with Crippen molar-refractivity contribution in [2.75, 3.05) is 10.6 Å². The van der Waals surface area contributed by atoms with Gasteiger partial charge in [0.25, 0.3) is 0 Å². The molecule has 0 saturated heterocycles. The Labute approximate surface area is 159 Å². The van der Waals surface area contributed by atoms with Crippen LogP contribution in [0.3, 0.4) is 0 Å². The Hall–Kier alpha value is -2.54. The Morgan fingerprint density at radius 2 is 1.52 bits per heavy atom. The van der Waals surface area contributed by atoms with E-state index in [2.05, 4.69) is 10.6 Å². The van der Waals surface area contributed by atoms with Crippen LogP contribution in [0.2, 0.25) is 5.02 Å². The van der Waals surface area contributed by atoms with Crippen LogP contribution in [0.25, 0.3) is 0 Å². The molecule has 2 N–H and O–H groups in total. The van der Waals surface area contributed by atoms with Crippen molar-refractivity contribution in [3.63, 3.8) is 0 Å². The first-order valence-corrected chi connectivity index (χ1v) is 8.39. The molecule has 2 aromatic carbocycles. The first-order valence-electron chi connectivity index (χ1n) is 8.01. The molecule has 27 heavy (non-hydrogen) atoms. The van der Waals surface area contributed by atoms with Crippen molar-refractivity contribution in [2.45, 2.75) is 33.4 Å². The number of halogens is 4. The number of anilines is 2. The lowest BCUT2D eigenvalue weighted by Gasteiger charge is -2.15. The molecule has 0 aliphatic carbocycles. The van der Waals surface area contributed by atoms with E-state index in [1.54, 1.807) is 0 Å². The van der Waals surface area contributed by atoms with Gasteiger partial charge in [-0.3, -0.25) is 9.59 Å². The van der Waals surface area contributed by atoms with E-state index in [1.165, 1.54) is 6.07 Å². The van der Waals surface area contributed by atoms with Gasteiger partial charge in [0, 0.05) is 10.7 Å². The van der Waals surface area contributed by atoms with Crippen molar-refractivity contribution in [2.24, 2.45) is 0 Å². The third kappa shape index (κ3) is 5.47. The van der Waals surface area contributed by atoms with Gasteiger partial charge < -0.3 is 10.6 Å². The molecule has 0 heterocycles. The number of hydrogen-bond donors (Lipinski definition) is 2. The summed E-state index contributed by atoms with van der Waals surface area (Å²) in [7, 11) is 0. The number of carbonyl (C=O) groups excluding carboxylic acids is 2. The van der Waals surface area contributed by atoms with E-state index in [1.807, 2.05) is 32.9 Å². The van der Waals surface area contributed by atoms with E-state index in [4.69, 9.17) is 11.6 Å². The zero-order valence-corrected chi connectivity index (χ0v) is 15.7. The van der Waals surface area contributed by atoms with E-state index in [0.29, 0.717) is 5.69 Å². The maximum absolute atomic E-state index is 13.1. The van der Waals surface area contributed by atoms with Crippen LogP contribution in [0.4, 0.5) is 24.5 Å². The molecule has 4 nitrogen and oxygen atoms in total. The lowest BCUT2D eigenvalue weighted by molar-refractivity contribution is -0.137. The molecule has 144 valence electrons. The SMILES string of the molecule is Cc1cc(C)c(NC(=O)CC(=O)Nc2ccc(Cl)cc2C(F)(F)F)c(C)c1. The number of hydrogen-bond acceptors (Lipinski definition) is 2. The highest BCUT2D eigenvalue weighted by Crippen LogP contribution is 2.36. The van der Waals surface area contributed by atoms with Crippen LogP contribution in [0.5, 0.6) is 0 Å². The van der Waals surface area contributed by atoms with Gasteiger partial charge >= 0.3 is 6.18 Å². The van der Waals surface area contributed by atoms with Crippen LogP contribution in [0.1, 0.15) is 28.7 Å². The van der Waals surface area contributed by atoms with Crippen LogP contribution < -0.4 is 10.6 Å². The van der Waals surface area contributed by atoms with Crippen LogP contribution >= 0.6 is 11.6 Å². The molecule has 0 fully saturated rings. The molecule has 0 saturated carbocycles. The summed E-state index contributed by atoms with van der Waals surface area (Å²) in [5, 5.41) is 4.65. The normalized spacial score (nSPS) is 11.2. The van der Waals surface area contributed by atoms with Gasteiger partial charge in [-0.15, -0.1) is 0 Å². The summed E-state index contributed by atoms with van der Waals surface area (Å²) in [6.45, 7) is 5.56. The van der Waals surface area contributed by atoms with Crippen molar-refractivity contribution in [1.29, 1.82) is 0 Å². The van der Waals surface area contributed by atoms with Crippen molar-refractivity contribution < 1.29 is 22.8 Å². The Bertz CT molecular complexity index is 872. The average molecular weight is 399 g/mol. The maximum atomic E-state index is 13.1. The fourth-order valence-electron chi connectivity index (χ4n) is 2.76. The minimum Gasteiger partial charge on any atom is -0.325 e. The van der Waals surface area contributed by atoms with Crippen molar-refractivity contribution in [3.8, 4) is 0 Å². The van der Waals surface area contributed by atoms with Gasteiger partial charge in [-0.25, -0.2) is 0 Å². The maximum Gasteiger partial charge on any atom is 0.418 e. The smallest absolute Gasteiger partial charge is 0.325 e. The Kier molecular flexibility index (Phi) is 6.15. The fraction of sp³-hybridized carbons (Fsp3) is 0.263. The third-order valence-corrected chi connectivity index (χ3v) is 4.06. The number of amides is 2. The van der Waals surface area contributed by atoms with E-state index in [-0.39, 0.29) is 5.02 Å². The van der Waals surface area contributed by atoms with Gasteiger partial charge in [-0.05, 0) is 50.1 Å². The first kappa shape index (κ1) is 20.8. The predicted octanol–water partition coefficient (Wildman–Crippen LogP) is 5.25. The van der Waals surface area contributed by atoms with Crippen LogP contribution in [0, 0.1) is 20.8 Å². The highest BCUT2D eigenvalue weighted by Gasteiger charge is 2.34. The second kappa shape index (κ2) is 8.00. The Morgan fingerprint density at radius 1 is 0.963 bits per heavy atom. The number of nitrogens with one attached hydrogen (secondary N) is 2. The zero-order chi connectivity index (χ0) is 20.4. The molecule has 0 unspecified atom stereocenters. The molecule has 0 atom stereocenters. The summed E-state index contributed by atoms with van der Waals surface area (Å²) >= 11 is 5.60. The molecular formula is C19H18ClF3N2O2.